The van der Waals surface area contributed by atoms with Crippen LogP contribution in [-0.4, -0.2) is 4.98 Å². The van der Waals surface area contributed by atoms with Gasteiger partial charge in [0.05, 0.1) is 16.3 Å². The van der Waals surface area contributed by atoms with Gasteiger partial charge in [-0.2, -0.15) is 0 Å². The molecule has 3 rings (SSSR count). The van der Waals surface area contributed by atoms with Gasteiger partial charge in [0.2, 0.25) is 0 Å². The SMILES string of the molecule is NNC(Cc1ccc(Br)cc1F)c1cnc2ccsc2c1. The lowest BCUT2D eigenvalue weighted by Crippen LogP contribution is -2.29. The molecule has 0 radical (unpaired) electrons. The van der Waals surface area contributed by atoms with Gasteiger partial charge in [-0.3, -0.25) is 16.3 Å². The van der Waals surface area contributed by atoms with Gasteiger partial charge in [-0.15, -0.1) is 11.3 Å². The molecule has 0 spiro atoms. The third-order valence-corrected chi connectivity index (χ3v) is 4.71. The molecule has 0 fully saturated rings. The number of fused-ring (bicyclic) bond motifs is 1. The first-order valence-corrected chi connectivity index (χ1v) is 8.08. The minimum Gasteiger partial charge on any atom is -0.271 e. The predicted molar refractivity (Wildman–Crippen MR) is 87.5 cm³/mol. The number of nitrogens with zero attached hydrogens (tertiary/aromatic N) is 1. The van der Waals surface area contributed by atoms with E-state index in [1.54, 1.807) is 23.6 Å². The van der Waals surface area contributed by atoms with Crippen molar-refractivity contribution >= 4 is 37.5 Å². The van der Waals surface area contributed by atoms with Gasteiger partial charge in [0.15, 0.2) is 0 Å². The van der Waals surface area contributed by atoms with Crippen molar-refractivity contribution in [2.45, 2.75) is 12.5 Å². The van der Waals surface area contributed by atoms with E-state index in [1.165, 1.54) is 6.07 Å². The van der Waals surface area contributed by atoms with Crippen LogP contribution < -0.4 is 11.3 Å². The number of aromatic nitrogens is 1. The van der Waals surface area contributed by atoms with E-state index < -0.39 is 0 Å². The van der Waals surface area contributed by atoms with Crippen molar-refractivity contribution in [1.29, 1.82) is 0 Å². The van der Waals surface area contributed by atoms with Gasteiger partial charge in [0.25, 0.3) is 0 Å². The fraction of sp³-hybridized carbons (Fsp3) is 0.133. The molecule has 1 aromatic carbocycles. The molecule has 21 heavy (non-hydrogen) atoms. The number of nitrogens with two attached hydrogens (primary N) is 1. The summed E-state index contributed by atoms with van der Waals surface area (Å²) in [7, 11) is 0. The number of benzene rings is 1. The molecule has 1 atom stereocenters. The van der Waals surface area contributed by atoms with Crippen molar-refractivity contribution in [2.24, 2.45) is 5.84 Å². The van der Waals surface area contributed by atoms with Crippen molar-refractivity contribution < 1.29 is 4.39 Å². The number of hydrazine groups is 1. The number of rotatable bonds is 4. The first kappa shape index (κ1) is 14.6. The summed E-state index contributed by atoms with van der Waals surface area (Å²) in [4.78, 5) is 4.40. The lowest BCUT2D eigenvalue weighted by Gasteiger charge is -2.16. The first-order valence-electron chi connectivity index (χ1n) is 6.40. The van der Waals surface area contributed by atoms with Gasteiger partial charge in [-0.05, 0) is 47.2 Å². The maximum atomic E-state index is 14.0. The Kier molecular flexibility index (Phi) is 4.30. The monoisotopic (exact) mass is 365 g/mol. The normalized spacial score (nSPS) is 12.7. The average molecular weight is 366 g/mol. The molecule has 108 valence electrons. The number of hydrogen-bond acceptors (Lipinski definition) is 4. The second-order valence-electron chi connectivity index (χ2n) is 4.73. The van der Waals surface area contributed by atoms with Crippen molar-refractivity contribution in [3.63, 3.8) is 0 Å². The Hall–Kier alpha value is -1.34. The third kappa shape index (κ3) is 3.13. The molecule has 3 N–H and O–H groups in total. The van der Waals surface area contributed by atoms with Crippen LogP contribution in [0.15, 0.2) is 46.4 Å². The highest BCUT2D eigenvalue weighted by Gasteiger charge is 2.14. The summed E-state index contributed by atoms with van der Waals surface area (Å²) in [5.74, 6) is 5.40. The highest BCUT2D eigenvalue weighted by molar-refractivity contribution is 9.10. The van der Waals surface area contributed by atoms with Gasteiger partial charge in [-0.1, -0.05) is 22.0 Å². The zero-order valence-electron chi connectivity index (χ0n) is 11.0. The van der Waals surface area contributed by atoms with Crippen LogP contribution in [0.5, 0.6) is 0 Å². The van der Waals surface area contributed by atoms with Crippen molar-refractivity contribution in [1.82, 2.24) is 10.4 Å². The fourth-order valence-electron chi connectivity index (χ4n) is 2.23. The van der Waals surface area contributed by atoms with Gasteiger partial charge in [0.1, 0.15) is 5.82 Å². The Morgan fingerprint density at radius 1 is 1.33 bits per heavy atom. The molecule has 1 unspecified atom stereocenters. The predicted octanol–water partition coefficient (Wildman–Crippen LogP) is 3.95. The summed E-state index contributed by atoms with van der Waals surface area (Å²) in [6.45, 7) is 0. The molecule has 3 aromatic rings. The molecule has 0 saturated heterocycles. The molecule has 3 nitrogen and oxygen atoms in total. The van der Waals surface area contributed by atoms with Crippen LogP contribution in [0.1, 0.15) is 17.2 Å². The van der Waals surface area contributed by atoms with Crippen LogP contribution in [0, 0.1) is 5.82 Å². The number of pyridine rings is 1. The molecule has 2 aromatic heterocycles. The summed E-state index contributed by atoms with van der Waals surface area (Å²) in [6.07, 6.45) is 2.25. The minimum absolute atomic E-state index is 0.181. The van der Waals surface area contributed by atoms with E-state index in [1.807, 2.05) is 23.6 Å². The summed E-state index contributed by atoms with van der Waals surface area (Å²) in [6, 6.07) is 8.90. The number of thiophene rings is 1. The van der Waals surface area contributed by atoms with Crippen LogP contribution in [0.3, 0.4) is 0 Å². The number of halogens is 2. The molecule has 0 aliphatic rings. The molecule has 2 heterocycles. The lowest BCUT2D eigenvalue weighted by atomic mass is 10.0. The van der Waals surface area contributed by atoms with Crippen LogP contribution >= 0.6 is 27.3 Å². The van der Waals surface area contributed by atoms with Gasteiger partial charge in [0, 0.05) is 10.7 Å². The summed E-state index contributed by atoms with van der Waals surface area (Å²) in [5.41, 5.74) is 5.29. The molecular formula is C15H13BrFN3S. The standard InChI is InChI=1S/C15H13BrFN3S/c16-11-2-1-9(12(17)7-11)5-14(20-18)10-6-15-13(19-8-10)3-4-21-15/h1-4,6-8,14,20H,5,18H2. The molecule has 6 heteroatoms. The minimum atomic E-state index is -0.241. The lowest BCUT2D eigenvalue weighted by molar-refractivity contribution is 0.528. The topological polar surface area (TPSA) is 50.9 Å². The Labute approximate surface area is 134 Å². The maximum Gasteiger partial charge on any atom is 0.127 e. The second kappa shape index (κ2) is 6.19. The number of nitrogens with one attached hydrogen (secondary N) is 1. The van der Waals surface area contributed by atoms with Gasteiger partial charge < -0.3 is 0 Å². The average Bonchev–Trinajstić information content (AvgIpc) is 2.94. The second-order valence-corrected chi connectivity index (χ2v) is 6.60. The van der Waals surface area contributed by atoms with Crippen molar-refractivity contribution in [3.05, 3.63) is 63.3 Å². The summed E-state index contributed by atoms with van der Waals surface area (Å²) >= 11 is 4.89. The molecule has 0 aliphatic carbocycles. The molecular weight excluding hydrogens is 353 g/mol. The zero-order valence-corrected chi connectivity index (χ0v) is 13.4. The summed E-state index contributed by atoms with van der Waals surface area (Å²) < 4.78 is 15.8. The number of hydrogen-bond donors (Lipinski definition) is 2. The van der Waals surface area contributed by atoms with Crippen molar-refractivity contribution in [3.8, 4) is 0 Å². The van der Waals surface area contributed by atoms with E-state index in [0.717, 1.165) is 20.3 Å². The first-order chi connectivity index (χ1) is 10.2. The Morgan fingerprint density at radius 2 is 2.19 bits per heavy atom. The van der Waals surface area contributed by atoms with E-state index in [4.69, 9.17) is 5.84 Å². The van der Waals surface area contributed by atoms with Crippen LogP contribution in [-0.2, 0) is 6.42 Å². The van der Waals surface area contributed by atoms with Crippen LogP contribution in [0.2, 0.25) is 0 Å². The van der Waals surface area contributed by atoms with E-state index in [-0.39, 0.29) is 11.9 Å². The maximum absolute atomic E-state index is 14.0. The third-order valence-electron chi connectivity index (χ3n) is 3.37. The molecule has 0 aliphatic heterocycles. The summed E-state index contributed by atoms with van der Waals surface area (Å²) in [5, 5.41) is 2.00. The Bertz CT molecular complexity index is 774. The quantitative estimate of drug-likeness (QED) is 0.543. The highest BCUT2D eigenvalue weighted by atomic mass is 79.9. The largest absolute Gasteiger partial charge is 0.271 e. The van der Waals surface area contributed by atoms with E-state index in [2.05, 4.69) is 26.3 Å². The van der Waals surface area contributed by atoms with Crippen LogP contribution in [0.4, 0.5) is 4.39 Å². The van der Waals surface area contributed by atoms with E-state index in [9.17, 15) is 4.39 Å². The van der Waals surface area contributed by atoms with Gasteiger partial charge in [-0.25, -0.2) is 4.39 Å². The zero-order chi connectivity index (χ0) is 14.8. The smallest absolute Gasteiger partial charge is 0.127 e. The Balaban J connectivity index is 1.90. The fourth-order valence-corrected chi connectivity index (χ4v) is 3.35. The molecule has 0 saturated carbocycles. The van der Waals surface area contributed by atoms with Gasteiger partial charge >= 0.3 is 0 Å². The Morgan fingerprint density at radius 3 is 2.95 bits per heavy atom. The van der Waals surface area contributed by atoms with Crippen molar-refractivity contribution in [2.75, 3.05) is 0 Å². The van der Waals surface area contributed by atoms with E-state index in [0.29, 0.717) is 12.0 Å². The molecule has 0 bridgehead atoms. The highest BCUT2D eigenvalue weighted by Crippen LogP contribution is 2.25. The molecule has 0 amide bonds. The van der Waals surface area contributed by atoms with Crippen LogP contribution in [0.25, 0.3) is 10.2 Å². The van der Waals surface area contributed by atoms with E-state index >= 15 is 0 Å².